The minimum atomic E-state index is -5.13. The summed E-state index contributed by atoms with van der Waals surface area (Å²) < 4.78 is 44.6. The van der Waals surface area contributed by atoms with Crippen molar-refractivity contribution in [1.82, 2.24) is 0 Å². The third-order valence-electron chi connectivity index (χ3n) is 3.47. The molecular weight excluding hydrogens is 244 g/mol. The summed E-state index contributed by atoms with van der Waals surface area (Å²) in [5.41, 5.74) is 0.163. The zero-order valence-corrected chi connectivity index (χ0v) is 9.91. The molecule has 6 heteroatoms. The lowest BCUT2D eigenvalue weighted by molar-refractivity contribution is -0.145. The number of benzene rings is 1. The molecular formula is C12H13BF3O2-. The molecule has 1 aliphatic rings. The van der Waals surface area contributed by atoms with E-state index in [0.29, 0.717) is 0 Å². The number of carbonyl (C=O) groups is 1. The molecule has 18 heavy (non-hydrogen) atoms. The molecule has 1 saturated carbocycles. The fraction of sp³-hybridized carbons (Fsp3) is 0.417. The molecule has 1 aromatic rings. The van der Waals surface area contributed by atoms with Crippen LogP contribution < -0.4 is 0 Å². The van der Waals surface area contributed by atoms with Crippen LogP contribution in [0.25, 0.3) is 0 Å². The molecule has 0 aliphatic heterocycles. The molecule has 1 fully saturated rings. The maximum Gasteiger partial charge on any atom is 0.489 e. The fourth-order valence-corrected chi connectivity index (χ4v) is 2.43. The molecule has 1 aliphatic carbocycles. The molecule has 0 amide bonds. The van der Waals surface area contributed by atoms with Crippen LogP contribution in [0.5, 0.6) is 0 Å². The van der Waals surface area contributed by atoms with Crippen molar-refractivity contribution in [2.75, 3.05) is 6.61 Å². The predicted octanol–water partition coefficient (Wildman–Crippen LogP) is 2.89. The van der Waals surface area contributed by atoms with Gasteiger partial charge in [0.25, 0.3) is 0 Å². The van der Waals surface area contributed by atoms with E-state index < -0.39 is 24.2 Å². The molecule has 0 bridgehead atoms. The van der Waals surface area contributed by atoms with E-state index >= 15 is 0 Å². The molecule has 2 rings (SSSR count). The van der Waals surface area contributed by atoms with Crippen molar-refractivity contribution in [3.05, 3.63) is 35.9 Å². The van der Waals surface area contributed by atoms with Crippen LogP contribution >= 0.6 is 0 Å². The monoisotopic (exact) mass is 257 g/mol. The first-order valence-electron chi connectivity index (χ1n) is 5.85. The molecule has 0 spiro atoms. The van der Waals surface area contributed by atoms with Gasteiger partial charge in [0.15, 0.2) is 0 Å². The van der Waals surface area contributed by atoms with Crippen LogP contribution in [-0.2, 0) is 14.8 Å². The second kappa shape index (κ2) is 4.33. The Bertz CT molecular complexity index is 446. The van der Waals surface area contributed by atoms with Gasteiger partial charge in [-0.15, -0.1) is 0 Å². The summed E-state index contributed by atoms with van der Waals surface area (Å²) in [6, 6.07) is 7.62. The lowest BCUT2D eigenvalue weighted by Crippen LogP contribution is -2.38. The topological polar surface area (TPSA) is 26.3 Å². The van der Waals surface area contributed by atoms with E-state index in [1.54, 1.807) is 25.1 Å². The van der Waals surface area contributed by atoms with Gasteiger partial charge in [-0.3, -0.25) is 4.79 Å². The molecule has 0 unspecified atom stereocenters. The summed E-state index contributed by atoms with van der Waals surface area (Å²) in [7, 11) is 0. The number of esters is 1. The highest BCUT2D eigenvalue weighted by molar-refractivity contribution is 6.64. The van der Waals surface area contributed by atoms with Gasteiger partial charge in [0.1, 0.15) is 0 Å². The van der Waals surface area contributed by atoms with Crippen LogP contribution in [0.4, 0.5) is 12.9 Å². The van der Waals surface area contributed by atoms with Gasteiger partial charge in [-0.2, -0.15) is 0 Å². The molecule has 0 heterocycles. The second-order valence-electron chi connectivity index (χ2n) is 4.49. The quantitative estimate of drug-likeness (QED) is 0.612. The van der Waals surface area contributed by atoms with Crippen LogP contribution in [0, 0.1) is 5.92 Å². The summed E-state index contributed by atoms with van der Waals surface area (Å²) in [6.45, 7) is -3.44. The van der Waals surface area contributed by atoms with Gasteiger partial charge in [0.05, 0.1) is 6.61 Å². The first-order chi connectivity index (χ1) is 8.43. The van der Waals surface area contributed by atoms with Gasteiger partial charge in [-0.1, -0.05) is 42.3 Å². The van der Waals surface area contributed by atoms with Gasteiger partial charge in [0.2, 0.25) is 0 Å². The molecule has 2 atom stereocenters. The van der Waals surface area contributed by atoms with Gasteiger partial charge >= 0.3 is 12.9 Å². The Morgan fingerprint density at radius 1 is 1.39 bits per heavy atom. The van der Waals surface area contributed by atoms with Gasteiger partial charge in [-0.05, 0) is 12.2 Å². The minimum absolute atomic E-state index is 0.102. The van der Waals surface area contributed by atoms with Crippen molar-refractivity contribution in [2.24, 2.45) is 5.92 Å². The summed E-state index contributed by atoms with van der Waals surface area (Å²) in [5.74, 6) is -1.83. The SMILES string of the molecule is CCOC(=O)[C@@H]1C[C@]1(c1ccccc1)[B-](F)(F)F. The summed E-state index contributed by atoms with van der Waals surface area (Å²) in [4.78, 5) is 11.5. The van der Waals surface area contributed by atoms with Crippen LogP contribution in [-0.4, -0.2) is 19.6 Å². The van der Waals surface area contributed by atoms with Crippen LogP contribution in [0.1, 0.15) is 18.9 Å². The van der Waals surface area contributed by atoms with Crippen molar-refractivity contribution in [2.45, 2.75) is 18.7 Å². The van der Waals surface area contributed by atoms with E-state index in [9.17, 15) is 17.7 Å². The maximum atomic E-state index is 13.3. The summed E-state index contributed by atoms with van der Waals surface area (Å²) in [5, 5.41) is -1.99. The zero-order chi connectivity index (χ0) is 13.4. The standard InChI is InChI=1S/C12H13BF3O2/c1-2-18-11(17)10-8-12(10,13(14,15)16)9-6-4-3-5-7-9/h3-7,10H,2,8H2,1H3/q-1/t10-,12+/m0/s1. The Hall–Kier alpha value is -1.46. The number of hydrogen-bond donors (Lipinski definition) is 0. The third-order valence-corrected chi connectivity index (χ3v) is 3.47. The highest BCUT2D eigenvalue weighted by atomic mass is 19.4. The van der Waals surface area contributed by atoms with Crippen molar-refractivity contribution >= 4 is 12.9 Å². The van der Waals surface area contributed by atoms with Gasteiger partial charge in [-0.25, -0.2) is 0 Å². The molecule has 2 nitrogen and oxygen atoms in total. The maximum absolute atomic E-state index is 13.3. The Morgan fingerprint density at radius 2 is 2.00 bits per heavy atom. The van der Waals surface area contributed by atoms with Gasteiger partial charge in [0, 0.05) is 5.92 Å². The second-order valence-corrected chi connectivity index (χ2v) is 4.49. The molecule has 0 radical (unpaired) electrons. The van der Waals surface area contributed by atoms with Crippen LogP contribution in [0.15, 0.2) is 30.3 Å². The fourth-order valence-electron chi connectivity index (χ4n) is 2.43. The van der Waals surface area contributed by atoms with E-state index in [2.05, 4.69) is 0 Å². The molecule has 0 aromatic heterocycles. The highest BCUT2D eigenvalue weighted by Gasteiger charge is 2.69. The Labute approximate surface area is 103 Å². The van der Waals surface area contributed by atoms with Crippen LogP contribution in [0.2, 0.25) is 0 Å². The number of ether oxygens (including phenoxy) is 1. The predicted molar refractivity (Wildman–Crippen MR) is 61.9 cm³/mol. The number of hydrogen-bond acceptors (Lipinski definition) is 2. The number of rotatable bonds is 4. The minimum Gasteiger partial charge on any atom is -0.466 e. The van der Waals surface area contributed by atoms with Crippen molar-refractivity contribution in [3.63, 3.8) is 0 Å². The first-order valence-corrected chi connectivity index (χ1v) is 5.85. The summed E-state index contributed by atoms with van der Waals surface area (Å²) in [6.07, 6.45) is -0.195. The largest absolute Gasteiger partial charge is 0.489 e. The Kier molecular flexibility index (Phi) is 3.13. The lowest BCUT2D eigenvalue weighted by atomic mass is 9.63. The molecule has 0 saturated heterocycles. The first kappa shape index (κ1) is 13.0. The average Bonchev–Trinajstić information content (AvgIpc) is 3.06. The molecule has 0 N–H and O–H groups in total. The van der Waals surface area contributed by atoms with Crippen molar-refractivity contribution in [3.8, 4) is 0 Å². The normalized spacial score (nSPS) is 26.8. The van der Waals surface area contributed by atoms with E-state index in [1.165, 1.54) is 12.1 Å². The number of halogens is 3. The Morgan fingerprint density at radius 3 is 2.50 bits per heavy atom. The zero-order valence-electron chi connectivity index (χ0n) is 9.91. The van der Waals surface area contributed by atoms with Crippen molar-refractivity contribution in [1.29, 1.82) is 0 Å². The number of carbonyl (C=O) groups excluding carboxylic acids is 1. The van der Waals surface area contributed by atoms with E-state index in [0.717, 1.165) is 0 Å². The smallest absolute Gasteiger partial charge is 0.466 e. The Balaban J connectivity index is 2.33. The lowest BCUT2D eigenvalue weighted by Gasteiger charge is -2.28. The van der Waals surface area contributed by atoms with Gasteiger partial charge < -0.3 is 17.7 Å². The van der Waals surface area contributed by atoms with Crippen LogP contribution in [0.3, 0.4) is 0 Å². The van der Waals surface area contributed by atoms with E-state index in [-0.39, 0.29) is 18.6 Å². The van der Waals surface area contributed by atoms with Crippen molar-refractivity contribution < 1.29 is 22.5 Å². The third kappa shape index (κ3) is 1.89. The molecule has 1 aromatic carbocycles. The summed E-state index contributed by atoms with van der Waals surface area (Å²) >= 11 is 0. The van der Waals surface area contributed by atoms with E-state index in [1.807, 2.05) is 0 Å². The average molecular weight is 257 g/mol. The molecule has 98 valence electrons. The highest BCUT2D eigenvalue weighted by Crippen LogP contribution is 2.61. The van der Waals surface area contributed by atoms with E-state index in [4.69, 9.17) is 4.74 Å².